The van der Waals surface area contributed by atoms with Crippen LogP contribution < -0.4 is 5.32 Å². The van der Waals surface area contributed by atoms with Crippen LogP contribution in [-0.2, 0) is 14.3 Å². The first-order valence-corrected chi connectivity index (χ1v) is 8.86. The number of carbonyl (C=O) groups excluding carboxylic acids is 1. The van der Waals surface area contributed by atoms with Crippen LogP contribution in [0.3, 0.4) is 0 Å². The van der Waals surface area contributed by atoms with Gasteiger partial charge >= 0.3 is 0 Å². The molecule has 1 aromatic rings. The van der Waals surface area contributed by atoms with Crippen molar-refractivity contribution in [2.45, 2.75) is 37.8 Å². The summed E-state index contributed by atoms with van der Waals surface area (Å²) in [6.07, 6.45) is 3.08. The zero-order valence-electron chi connectivity index (χ0n) is 14.7. The van der Waals surface area contributed by atoms with E-state index in [4.69, 9.17) is 9.47 Å². The third kappa shape index (κ3) is 3.63. The summed E-state index contributed by atoms with van der Waals surface area (Å²) in [5.74, 6) is -0.0567. The maximum atomic E-state index is 12.7. The molecule has 2 heterocycles. The summed E-state index contributed by atoms with van der Waals surface area (Å²) in [5, 5.41) is 3.12. The molecule has 2 aliphatic rings. The molecule has 0 spiro atoms. The summed E-state index contributed by atoms with van der Waals surface area (Å²) in [6.45, 7) is 5.80. The lowest BCUT2D eigenvalue weighted by molar-refractivity contribution is -0.143. The van der Waals surface area contributed by atoms with Gasteiger partial charge in [-0.15, -0.1) is 0 Å². The molecular formula is C19H28N2O3. The Morgan fingerprint density at radius 2 is 2.04 bits per heavy atom. The van der Waals surface area contributed by atoms with Gasteiger partial charge in [-0.05, 0) is 38.4 Å². The van der Waals surface area contributed by atoms with Gasteiger partial charge in [-0.2, -0.15) is 0 Å². The first-order valence-electron chi connectivity index (χ1n) is 8.86. The maximum Gasteiger partial charge on any atom is 0.254 e. The van der Waals surface area contributed by atoms with Crippen LogP contribution in [0.2, 0.25) is 0 Å². The molecule has 0 radical (unpaired) electrons. The van der Waals surface area contributed by atoms with Crippen molar-refractivity contribution in [2.24, 2.45) is 0 Å². The highest BCUT2D eigenvalue weighted by molar-refractivity contribution is 5.85. The van der Waals surface area contributed by atoms with Gasteiger partial charge in [0.2, 0.25) is 0 Å². The molecule has 1 amide bonds. The Bertz CT molecular complexity index is 546. The number of nitrogens with one attached hydrogen (secondary N) is 1. The van der Waals surface area contributed by atoms with Crippen molar-refractivity contribution >= 4 is 5.91 Å². The first kappa shape index (κ1) is 17.4. The molecule has 1 N–H and O–H groups in total. The molecule has 0 unspecified atom stereocenters. The van der Waals surface area contributed by atoms with Crippen LogP contribution in [-0.4, -0.2) is 56.4 Å². The minimum Gasteiger partial charge on any atom is -0.378 e. The smallest absolute Gasteiger partial charge is 0.254 e. The molecule has 1 aromatic carbocycles. The van der Waals surface area contributed by atoms with Crippen molar-refractivity contribution in [3.05, 3.63) is 35.4 Å². The average Bonchev–Trinajstić information content (AvgIpc) is 3.29. The van der Waals surface area contributed by atoms with Crippen LogP contribution in [0.1, 0.15) is 36.4 Å². The quantitative estimate of drug-likeness (QED) is 0.866. The normalized spacial score (nSPS) is 25.8. The number of rotatable bonds is 6. The lowest BCUT2D eigenvalue weighted by atomic mass is 10.0. The molecular weight excluding hydrogens is 304 g/mol. The van der Waals surface area contributed by atoms with E-state index in [1.165, 1.54) is 24.0 Å². The number of hydrogen-bond acceptors (Lipinski definition) is 4. The van der Waals surface area contributed by atoms with Gasteiger partial charge in [0.25, 0.3) is 5.91 Å². The fourth-order valence-electron chi connectivity index (χ4n) is 3.63. The highest BCUT2D eigenvalue weighted by Gasteiger charge is 2.42. The lowest BCUT2D eigenvalue weighted by Gasteiger charge is -2.30. The van der Waals surface area contributed by atoms with Crippen molar-refractivity contribution in [1.29, 1.82) is 0 Å². The van der Waals surface area contributed by atoms with Crippen molar-refractivity contribution in [3.63, 3.8) is 0 Å². The van der Waals surface area contributed by atoms with Gasteiger partial charge in [0, 0.05) is 20.1 Å². The van der Waals surface area contributed by atoms with Crippen molar-refractivity contribution in [1.82, 2.24) is 10.2 Å². The minimum absolute atomic E-state index is 0.0567. The Hall–Kier alpha value is -1.43. The predicted molar refractivity (Wildman–Crippen MR) is 92.9 cm³/mol. The van der Waals surface area contributed by atoms with E-state index in [-0.39, 0.29) is 11.9 Å². The van der Waals surface area contributed by atoms with Crippen LogP contribution in [0.15, 0.2) is 24.3 Å². The van der Waals surface area contributed by atoms with E-state index in [0.717, 1.165) is 13.1 Å². The summed E-state index contributed by atoms with van der Waals surface area (Å²) >= 11 is 0. The Morgan fingerprint density at radius 1 is 1.33 bits per heavy atom. The number of nitrogens with zero attached hydrogens (tertiary/aromatic N) is 1. The Labute approximate surface area is 144 Å². The summed E-state index contributed by atoms with van der Waals surface area (Å²) in [4.78, 5) is 15.1. The molecule has 5 nitrogen and oxygen atoms in total. The van der Waals surface area contributed by atoms with Crippen molar-refractivity contribution in [2.75, 3.05) is 40.0 Å². The second kappa shape index (κ2) is 7.64. The predicted octanol–water partition coefficient (Wildman–Crippen LogP) is 2.05. The number of hydrogen-bond donors (Lipinski definition) is 1. The molecule has 0 saturated carbocycles. The molecule has 132 valence electrons. The van der Waals surface area contributed by atoms with E-state index in [1.54, 1.807) is 7.11 Å². The fourth-order valence-corrected chi connectivity index (χ4v) is 3.63. The second-order valence-corrected chi connectivity index (χ2v) is 6.88. The zero-order chi connectivity index (χ0) is 17.0. The molecule has 0 aliphatic carbocycles. The molecule has 5 heteroatoms. The standard InChI is InChI=1S/C19H28N2O3/c1-15-5-7-16(8-6-15)17(21-10-3-4-11-21)13-20-18(22)19(23-2)9-12-24-14-19/h5-8,17H,3-4,9-14H2,1-2H3,(H,20,22)/t17-,19-/m1/s1. The first-order chi connectivity index (χ1) is 11.6. The van der Waals surface area contributed by atoms with Gasteiger partial charge in [0.1, 0.15) is 0 Å². The molecule has 3 rings (SSSR count). The molecule has 2 saturated heterocycles. The van der Waals surface area contributed by atoms with E-state index >= 15 is 0 Å². The van der Waals surface area contributed by atoms with E-state index in [0.29, 0.717) is 26.2 Å². The van der Waals surface area contributed by atoms with Gasteiger partial charge < -0.3 is 14.8 Å². The monoisotopic (exact) mass is 332 g/mol. The van der Waals surface area contributed by atoms with Crippen LogP contribution in [0.4, 0.5) is 0 Å². The number of amides is 1. The number of ether oxygens (including phenoxy) is 2. The minimum atomic E-state index is -0.817. The fraction of sp³-hybridized carbons (Fsp3) is 0.632. The summed E-state index contributed by atoms with van der Waals surface area (Å²) in [6, 6.07) is 8.85. The SMILES string of the molecule is CO[C@]1(C(=O)NC[C@H](c2ccc(C)cc2)N2CCCC2)CCOC1. The Morgan fingerprint density at radius 3 is 2.62 bits per heavy atom. The lowest BCUT2D eigenvalue weighted by Crippen LogP contribution is -2.50. The third-order valence-electron chi connectivity index (χ3n) is 5.29. The summed E-state index contributed by atoms with van der Waals surface area (Å²) < 4.78 is 10.9. The molecule has 0 aromatic heterocycles. The molecule has 24 heavy (non-hydrogen) atoms. The van der Waals surface area contributed by atoms with Gasteiger partial charge in [-0.25, -0.2) is 0 Å². The van der Waals surface area contributed by atoms with E-state index in [1.807, 2.05) is 0 Å². The van der Waals surface area contributed by atoms with Gasteiger partial charge in [-0.1, -0.05) is 29.8 Å². The van der Waals surface area contributed by atoms with Crippen LogP contribution >= 0.6 is 0 Å². The van der Waals surface area contributed by atoms with Crippen LogP contribution in [0.5, 0.6) is 0 Å². The second-order valence-electron chi connectivity index (χ2n) is 6.88. The molecule has 2 fully saturated rings. The van der Waals surface area contributed by atoms with Gasteiger partial charge in [0.05, 0.1) is 19.3 Å². The van der Waals surface area contributed by atoms with Crippen molar-refractivity contribution < 1.29 is 14.3 Å². The van der Waals surface area contributed by atoms with E-state index in [2.05, 4.69) is 41.4 Å². The zero-order valence-corrected chi connectivity index (χ0v) is 14.7. The highest BCUT2D eigenvalue weighted by Crippen LogP contribution is 2.26. The molecule has 2 atom stereocenters. The highest BCUT2D eigenvalue weighted by atomic mass is 16.6. The molecule has 2 aliphatic heterocycles. The van der Waals surface area contributed by atoms with E-state index < -0.39 is 5.60 Å². The third-order valence-corrected chi connectivity index (χ3v) is 5.29. The van der Waals surface area contributed by atoms with Gasteiger partial charge in [-0.3, -0.25) is 9.69 Å². The number of carbonyl (C=O) groups is 1. The largest absolute Gasteiger partial charge is 0.378 e. The summed E-state index contributed by atoms with van der Waals surface area (Å²) in [7, 11) is 1.59. The van der Waals surface area contributed by atoms with Gasteiger partial charge in [0.15, 0.2) is 5.60 Å². The maximum absolute atomic E-state index is 12.7. The molecule has 0 bridgehead atoms. The summed E-state index contributed by atoms with van der Waals surface area (Å²) in [5.41, 5.74) is 1.70. The number of likely N-dealkylation sites (tertiary alicyclic amines) is 1. The Kier molecular flexibility index (Phi) is 5.54. The average molecular weight is 332 g/mol. The van der Waals surface area contributed by atoms with E-state index in [9.17, 15) is 4.79 Å². The number of benzene rings is 1. The number of aryl methyl sites for hydroxylation is 1. The topological polar surface area (TPSA) is 50.8 Å². The van der Waals surface area contributed by atoms with Crippen molar-refractivity contribution in [3.8, 4) is 0 Å². The number of methoxy groups -OCH3 is 1. The van der Waals surface area contributed by atoms with Crippen LogP contribution in [0, 0.1) is 6.92 Å². The Balaban J connectivity index is 1.70. The van der Waals surface area contributed by atoms with Crippen LogP contribution in [0.25, 0.3) is 0 Å².